The number of aromatic nitrogens is 13. The second-order valence-corrected chi connectivity index (χ2v) is 20.8. The van der Waals surface area contributed by atoms with Gasteiger partial charge in [0.25, 0.3) is 27.9 Å². The molecule has 452 valence electrons. The van der Waals surface area contributed by atoms with Gasteiger partial charge in [-0.15, -0.1) is 0 Å². The smallest absolute Gasteiger partial charge is 0.356 e. The van der Waals surface area contributed by atoms with Crippen LogP contribution in [0.4, 0.5) is 11.4 Å². The van der Waals surface area contributed by atoms with Crippen molar-refractivity contribution >= 4 is 101 Å². The van der Waals surface area contributed by atoms with Gasteiger partial charge in [-0.3, -0.25) is 54.7 Å². The second-order valence-electron chi connectivity index (χ2n) is 18.6. The van der Waals surface area contributed by atoms with Crippen molar-refractivity contribution in [3.63, 3.8) is 0 Å². The molecule has 32 heteroatoms. The number of nitro groups is 1. The Balaban J connectivity index is 0.000000141. The van der Waals surface area contributed by atoms with Crippen LogP contribution in [0.2, 0.25) is 5.02 Å². The fraction of sp³-hybridized carbons (Fsp3) is 0.105. The molecule has 0 bridgehead atoms. The summed E-state index contributed by atoms with van der Waals surface area (Å²) in [5, 5.41) is 22.7. The molecule has 12 rings (SSSR count). The molecular formula is C57H44Br2ClN15O14. The van der Waals surface area contributed by atoms with E-state index in [2.05, 4.69) is 96.1 Å². The number of rotatable bonds is 10. The normalized spacial score (nSPS) is 10.8. The Morgan fingerprint density at radius 1 is 0.483 bits per heavy atom. The van der Waals surface area contributed by atoms with Gasteiger partial charge >= 0.3 is 23.9 Å². The molecule has 0 saturated heterocycles. The summed E-state index contributed by atoms with van der Waals surface area (Å²) in [6, 6.07) is 34.0. The monoisotopic (exact) mass is 1360 g/mol. The maximum absolute atomic E-state index is 12.1. The number of non-ortho nitro benzene ring substituents is 1. The van der Waals surface area contributed by atoms with Crippen molar-refractivity contribution in [2.24, 2.45) is 0 Å². The summed E-state index contributed by atoms with van der Waals surface area (Å²) in [6.07, 6.45) is 1.59. The average Bonchev–Trinajstić information content (AvgIpc) is 2.51. The molecule has 3 aromatic carbocycles. The number of hydrogen-bond acceptors (Lipinski definition) is 20. The first-order chi connectivity index (χ1) is 42.6. The number of carbonyl (C=O) groups excluding carboxylic acids is 4. The van der Waals surface area contributed by atoms with Crippen molar-refractivity contribution < 1.29 is 43.0 Å². The van der Waals surface area contributed by atoms with Crippen LogP contribution >= 0.6 is 43.5 Å². The highest BCUT2D eigenvalue weighted by atomic mass is 79.9. The van der Waals surface area contributed by atoms with Crippen molar-refractivity contribution in [1.29, 1.82) is 0 Å². The molecule has 9 aromatic heterocycles. The van der Waals surface area contributed by atoms with Crippen molar-refractivity contribution in [2.45, 2.75) is 0 Å². The molecule has 0 radical (unpaired) electrons. The number of anilines is 1. The first-order valence-electron chi connectivity index (χ1n) is 25.5. The fourth-order valence-corrected chi connectivity index (χ4v) is 9.31. The number of fused-ring (bicyclic) bond motifs is 4. The van der Waals surface area contributed by atoms with E-state index in [1.807, 2.05) is 67.5 Å². The molecular weight excluding hydrogens is 1310 g/mol. The number of ether oxygens (including phenoxy) is 4. The van der Waals surface area contributed by atoms with E-state index < -0.39 is 39.9 Å². The van der Waals surface area contributed by atoms with Crippen molar-refractivity contribution in [2.75, 3.05) is 47.4 Å². The minimum absolute atomic E-state index is 0.00833. The molecule has 0 atom stereocenters. The SMILES string of the molecule is COC(=O)c1cc(=O)n2[nH]c(-c3ccc(Br)cc3)cc2n1.COC(=O)c1cc(=O)n2[nH]c(-c3ccc(N(C)C)cc3)cc2n1.COC(=O)c1cc(=O)n2[nH]c(-c3ccc([N+](=O)[O-])cc3)cc2n1.COC(=O)c1cc(=O)n2[nH]c(-c3ncc(Br)cc3Cl)cc2n1. The average molecular weight is 1360 g/mol. The summed E-state index contributed by atoms with van der Waals surface area (Å²) in [4.78, 5) is 127. The largest absolute Gasteiger partial charge is 0.464 e. The summed E-state index contributed by atoms with van der Waals surface area (Å²) in [7, 11) is 8.85. The Labute approximate surface area is 519 Å². The number of methoxy groups -OCH3 is 4. The zero-order chi connectivity index (χ0) is 64.0. The van der Waals surface area contributed by atoms with E-state index >= 15 is 0 Å². The summed E-state index contributed by atoms with van der Waals surface area (Å²) in [5.41, 5.74) is 5.89. The highest BCUT2D eigenvalue weighted by Gasteiger charge is 2.19. The molecule has 4 N–H and O–H groups in total. The third kappa shape index (κ3) is 13.9. The van der Waals surface area contributed by atoms with E-state index in [-0.39, 0.29) is 50.9 Å². The van der Waals surface area contributed by atoms with Gasteiger partial charge in [-0.25, -0.2) is 57.2 Å². The van der Waals surface area contributed by atoms with Gasteiger partial charge in [-0.2, -0.15) is 0 Å². The van der Waals surface area contributed by atoms with Crippen molar-refractivity contribution in [3.05, 3.63) is 222 Å². The summed E-state index contributed by atoms with van der Waals surface area (Å²) < 4.78 is 24.9. The van der Waals surface area contributed by atoms with Crippen molar-refractivity contribution in [3.8, 4) is 45.2 Å². The number of H-pyrrole nitrogens is 4. The lowest BCUT2D eigenvalue weighted by atomic mass is 10.1. The topological polar surface area (TPSA) is 365 Å². The van der Waals surface area contributed by atoms with E-state index in [0.29, 0.717) is 39.0 Å². The highest BCUT2D eigenvalue weighted by Crippen LogP contribution is 2.28. The quantitative estimate of drug-likeness (QED) is 0.0447. The van der Waals surface area contributed by atoms with Crippen LogP contribution in [0.15, 0.2) is 162 Å². The number of carbonyl (C=O) groups is 4. The van der Waals surface area contributed by atoms with Gasteiger partial charge in [-0.05, 0) is 69.5 Å². The summed E-state index contributed by atoms with van der Waals surface area (Å²) in [5.74, 6) is -2.66. The van der Waals surface area contributed by atoms with Crippen LogP contribution in [0.25, 0.3) is 67.7 Å². The predicted molar refractivity (Wildman–Crippen MR) is 330 cm³/mol. The fourth-order valence-electron chi connectivity index (χ4n) is 8.31. The van der Waals surface area contributed by atoms with E-state index in [1.54, 1.807) is 48.7 Å². The van der Waals surface area contributed by atoms with Crippen LogP contribution in [0.5, 0.6) is 0 Å². The molecule has 0 aliphatic rings. The van der Waals surface area contributed by atoms with Crippen LogP contribution < -0.4 is 27.1 Å². The third-order valence-corrected chi connectivity index (χ3v) is 13.9. The zero-order valence-electron chi connectivity index (χ0n) is 47.0. The number of pyridine rings is 1. The number of nitro benzene ring substituents is 1. The number of esters is 4. The van der Waals surface area contributed by atoms with Gasteiger partial charge < -0.3 is 23.8 Å². The van der Waals surface area contributed by atoms with Crippen LogP contribution in [0.1, 0.15) is 42.0 Å². The second kappa shape index (κ2) is 26.6. The number of aromatic amines is 4. The van der Waals surface area contributed by atoms with Crippen molar-refractivity contribution in [1.82, 2.24) is 63.4 Å². The minimum Gasteiger partial charge on any atom is -0.464 e. The van der Waals surface area contributed by atoms with Gasteiger partial charge in [0.1, 0.15) is 5.69 Å². The molecule has 0 unspecified atom stereocenters. The van der Waals surface area contributed by atoms with E-state index in [4.69, 9.17) is 11.6 Å². The van der Waals surface area contributed by atoms with Crippen LogP contribution in [0.3, 0.4) is 0 Å². The van der Waals surface area contributed by atoms with Gasteiger partial charge in [0.2, 0.25) is 0 Å². The number of hydrogen-bond donors (Lipinski definition) is 4. The predicted octanol–water partition coefficient (Wildman–Crippen LogP) is 7.45. The van der Waals surface area contributed by atoms with Gasteiger partial charge in [-0.1, -0.05) is 51.8 Å². The standard InChI is InChI=1S/C16H16N4O3.C14H10BrN3O3.C14H10N4O5.C13H8BrClN4O3/c1-19(2)11-6-4-10(5-7-11)12-8-14-17-13(16(22)23-3)9-15(21)20(14)18-12;1-21-14(20)11-7-13(19)18-12(16-11)6-10(17-18)8-2-4-9(15)5-3-8;1-23-14(20)11-7-13(19)17-12(15-11)6-10(16-17)8-2-4-9(5-3-8)18(21)22;1-22-13(21)9-4-11(20)19-10(17-9)3-8(18-19)12-7(15)2-6(14)5-16-12/h4-9,18H,1-3H3;2-7,17H,1H3;2-7,16H,1H3;2-5,18H,1H3. The Bertz CT molecular complexity index is 4970. The highest BCUT2D eigenvalue weighted by molar-refractivity contribution is 9.10. The van der Waals surface area contributed by atoms with Crippen LogP contribution in [0, 0.1) is 10.1 Å². The summed E-state index contributed by atoms with van der Waals surface area (Å²) >= 11 is 12.8. The number of benzene rings is 3. The molecule has 9 heterocycles. The summed E-state index contributed by atoms with van der Waals surface area (Å²) in [6.45, 7) is 0. The molecule has 0 amide bonds. The molecule has 0 saturated carbocycles. The van der Waals surface area contributed by atoms with Crippen LogP contribution in [-0.2, 0) is 18.9 Å². The number of nitrogens with one attached hydrogen (secondary N) is 4. The molecule has 12 aromatic rings. The van der Waals surface area contributed by atoms with Gasteiger partial charge in [0.15, 0.2) is 45.4 Å². The molecule has 0 aliphatic carbocycles. The third-order valence-electron chi connectivity index (χ3n) is 12.7. The maximum Gasteiger partial charge on any atom is 0.356 e. The van der Waals surface area contributed by atoms with Crippen LogP contribution in [-0.4, -0.2) is 135 Å². The lowest BCUT2D eigenvalue weighted by Gasteiger charge is -2.12. The van der Waals surface area contributed by atoms with Gasteiger partial charge in [0.05, 0.1) is 61.2 Å². The minimum atomic E-state index is -0.706. The lowest BCUT2D eigenvalue weighted by molar-refractivity contribution is -0.384. The Kier molecular flexibility index (Phi) is 18.6. The Hall–Kier alpha value is -11.2. The Morgan fingerprint density at radius 2 is 0.798 bits per heavy atom. The first kappa shape index (κ1) is 62.4. The molecule has 0 fully saturated rings. The zero-order valence-corrected chi connectivity index (χ0v) is 50.9. The first-order valence-corrected chi connectivity index (χ1v) is 27.5. The number of halogens is 3. The Morgan fingerprint density at radius 3 is 1.11 bits per heavy atom. The van der Waals surface area contributed by atoms with E-state index in [1.165, 1.54) is 58.6 Å². The molecule has 89 heavy (non-hydrogen) atoms. The van der Waals surface area contributed by atoms with Gasteiger partial charge in [0, 0.05) is 101 Å². The molecule has 29 nitrogen and oxygen atoms in total. The molecule has 0 spiro atoms. The lowest BCUT2D eigenvalue weighted by Crippen LogP contribution is -2.18. The number of nitrogens with zero attached hydrogens (tertiary/aromatic N) is 11. The maximum atomic E-state index is 12.1. The van der Waals surface area contributed by atoms with E-state index in [9.17, 15) is 48.5 Å². The van der Waals surface area contributed by atoms with E-state index in [0.717, 1.165) is 61.4 Å². The molecule has 0 aliphatic heterocycles.